The fourth-order valence-electron chi connectivity index (χ4n) is 2.46. The van der Waals surface area contributed by atoms with Crippen LogP contribution in [0.4, 0.5) is 5.69 Å². The molecule has 2 N–H and O–H groups in total. The van der Waals surface area contributed by atoms with Crippen LogP contribution in [0.2, 0.25) is 0 Å². The molecule has 0 bridgehead atoms. The average molecular weight is 360 g/mol. The SMILES string of the molecule is Cc1csc(CNC(=O)c2cccc3c2CCCN3)n1.Cl.Cl. The molecule has 0 saturated carbocycles. The molecule has 0 radical (unpaired) electrons. The van der Waals surface area contributed by atoms with Gasteiger partial charge in [-0.15, -0.1) is 36.2 Å². The monoisotopic (exact) mass is 359 g/mol. The first-order valence-corrected chi connectivity index (χ1v) is 7.67. The van der Waals surface area contributed by atoms with Crippen molar-refractivity contribution in [2.75, 3.05) is 11.9 Å². The second kappa shape index (κ2) is 8.36. The predicted molar refractivity (Wildman–Crippen MR) is 95.8 cm³/mol. The zero-order valence-electron chi connectivity index (χ0n) is 12.2. The summed E-state index contributed by atoms with van der Waals surface area (Å²) in [5.74, 6) is -0.0154. The van der Waals surface area contributed by atoms with Crippen LogP contribution in [0, 0.1) is 6.92 Å². The lowest BCUT2D eigenvalue weighted by molar-refractivity contribution is 0.0950. The number of aromatic nitrogens is 1. The van der Waals surface area contributed by atoms with Crippen LogP contribution in [-0.4, -0.2) is 17.4 Å². The Hall–Kier alpha value is -1.30. The molecule has 2 heterocycles. The van der Waals surface area contributed by atoms with Crippen LogP contribution in [0.3, 0.4) is 0 Å². The molecule has 0 aliphatic carbocycles. The lowest BCUT2D eigenvalue weighted by Gasteiger charge is -2.20. The molecule has 1 amide bonds. The third kappa shape index (κ3) is 4.12. The van der Waals surface area contributed by atoms with Gasteiger partial charge >= 0.3 is 0 Å². The van der Waals surface area contributed by atoms with Gasteiger partial charge in [-0.25, -0.2) is 4.98 Å². The minimum atomic E-state index is -0.0154. The van der Waals surface area contributed by atoms with Crippen LogP contribution in [0.15, 0.2) is 23.6 Å². The lowest BCUT2D eigenvalue weighted by atomic mass is 9.97. The van der Waals surface area contributed by atoms with E-state index in [-0.39, 0.29) is 30.7 Å². The molecule has 1 aliphatic heterocycles. The highest BCUT2D eigenvalue weighted by Crippen LogP contribution is 2.25. The van der Waals surface area contributed by atoms with Crippen LogP contribution in [0.25, 0.3) is 0 Å². The number of hydrogen-bond acceptors (Lipinski definition) is 4. The molecule has 120 valence electrons. The zero-order chi connectivity index (χ0) is 13.9. The number of thiazole rings is 1. The third-order valence-electron chi connectivity index (χ3n) is 3.41. The number of anilines is 1. The van der Waals surface area contributed by atoms with Gasteiger partial charge in [0.1, 0.15) is 5.01 Å². The summed E-state index contributed by atoms with van der Waals surface area (Å²) < 4.78 is 0. The van der Waals surface area contributed by atoms with Gasteiger partial charge in [-0.3, -0.25) is 4.79 Å². The van der Waals surface area contributed by atoms with Gasteiger partial charge in [-0.1, -0.05) is 6.07 Å². The molecular weight excluding hydrogens is 341 g/mol. The van der Waals surface area contributed by atoms with E-state index in [2.05, 4.69) is 15.6 Å². The Bertz CT molecular complexity index is 645. The first-order chi connectivity index (χ1) is 9.74. The molecule has 0 atom stereocenters. The number of fused-ring (bicyclic) bond motifs is 1. The van der Waals surface area contributed by atoms with E-state index < -0.39 is 0 Å². The van der Waals surface area contributed by atoms with Gasteiger partial charge in [0.15, 0.2) is 0 Å². The number of hydrogen-bond donors (Lipinski definition) is 2. The highest BCUT2D eigenvalue weighted by Gasteiger charge is 2.17. The Labute approximate surface area is 146 Å². The quantitative estimate of drug-likeness (QED) is 0.880. The van der Waals surface area contributed by atoms with Crippen molar-refractivity contribution in [1.29, 1.82) is 0 Å². The van der Waals surface area contributed by atoms with E-state index in [1.807, 2.05) is 30.5 Å². The summed E-state index contributed by atoms with van der Waals surface area (Å²) in [6.45, 7) is 3.44. The Balaban J connectivity index is 0.00000121. The van der Waals surface area contributed by atoms with E-state index in [0.29, 0.717) is 6.54 Å². The summed E-state index contributed by atoms with van der Waals surface area (Å²) in [4.78, 5) is 16.7. The van der Waals surface area contributed by atoms with E-state index in [9.17, 15) is 4.79 Å². The molecule has 2 aromatic rings. The Kier molecular flexibility index (Phi) is 7.13. The largest absolute Gasteiger partial charge is 0.385 e. The van der Waals surface area contributed by atoms with Crippen molar-refractivity contribution >= 4 is 47.7 Å². The maximum atomic E-state index is 12.3. The molecule has 1 aromatic carbocycles. The summed E-state index contributed by atoms with van der Waals surface area (Å²) in [5, 5.41) is 9.24. The Morgan fingerprint density at radius 3 is 2.95 bits per heavy atom. The first-order valence-electron chi connectivity index (χ1n) is 6.79. The second-order valence-corrected chi connectivity index (χ2v) is 5.87. The molecule has 22 heavy (non-hydrogen) atoms. The minimum absolute atomic E-state index is 0. The van der Waals surface area contributed by atoms with Crippen molar-refractivity contribution in [3.8, 4) is 0 Å². The van der Waals surface area contributed by atoms with E-state index >= 15 is 0 Å². The van der Waals surface area contributed by atoms with Gasteiger partial charge in [0.2, 0.25) is 0 Å². The molecule has 0 spiro atoms. The van der Waals surface area contributed by atoms with Crippen molar-refractivity contribution in [3.05, 3.63) is 45.4 Å². The number of aryl methyl sites for hydroxylation is 1. The molecule has 1 aromatic heterocycles. The van der Waals surface area contributed by atoms with Gasteiger partial charge in [0.25, 0.3) is 5.91 Å². The van der Waals surface area contributed by atoms with Gasteiger partial charge in [0.05, 0.1) is 6.54 Å². The average Bonchev–Trinajstić information content (AvgIpc) is 2.90. The fraction of sp³-hybridized carbons (Fsp3) is 0.333. The van der Waals surface area contributed by atoms with Gasteiger partial charge in [0, 0.05) is 28.9 Å². The van der Waals surface area contributed by atoms with Crippen LogP contribution >= 0.6 is 36.2 Å². The smallest absolute Gasteiger partial charge is 0.251 e. The predicted octanol–water partition coefficient (Wildman–Crippen LogP) is 3.58. The molecule has 1 aliphatic rings. The zero-order valence-corrected chi connectivity index (χ0v) is 14.7. The number of nitrogens with one attached hydrogen (secondary N) is 2. The van der Waals surface area contributed by atoms with Crippen molar-refractivity contribution in [1.82, 2.24) is 10.3 Å². The van der Waals surface area contributed by atoms with Crippen LogP contribution < -0.4 is 10.6 Å². The summed E-state index contributed by atoms with van der Waals surface area (Å²) in [5.41, 5.74) is 4.00. The number of halogens is 2. The number of nitrogens with zero attached hydrogens (tertiary/aromatic N) is 1. The van der Waals surface area contributed by atoms with Crippen LogP contribution in [-0.2, 0) is 13.0 Å². The standard InChI is InChI=1S/C15H17N3OS.2ClH/c1-10-9-20-14(18-10)8-17-15(19)12-4-2-6-13-11(12)5-3-7-16-13;;/h2,4,6,9,16H,3,5,7-8H2,1H3,(H,17,19);2*1H. The summed E-state index contributed by atoms with van der Waals surface area (Å²) >= 11 is 1.58. The van der Waals surface area contributed by atoms with E-state index in [4.69, 9.17) is 0 Å². The second-order valence-electron chi connectivity index (χ2n) is 4.93. The van der Waals surface area contributed by atoms with Gasteiger partial charge in [-0.05, 0) is 37.5 Å². The van der Waals surface area contributed by atoms with Gasteiger partial charge < -0.3 is 10.6 Å². The number of carbonyl (C=O) groups is 1. The van der Waals surface area contributed by atoms with Gasteiger partial charge in [-0.2, -0.15) is 0 Å². The third-order valence-corrected chi connectivity index (χ3v) is 4.37. The van der Waals surface area contributed by atoms with E-state index in [1.165, 1.54) is 0 Å². The first kappa shape index (κ1) is 18.7. The maximum absolute atomic E-state index is 12.3. The van der Waals surface area contributed by atoms with Crippen molar-refractivity contribution in [2.45, 2.75) is 26.3 Å². The highest BCUT2D eigenvalue weighted by atomic mass is 35.5. The van der Waals surface area contributed by atoms with Crippen molar-refractivity contribution < 1.29 is 4.79 Å². The summed E-state index contributed by atoms with van der Waals surface area (Å²) in [6.07, 6.45) is 2.03. The van der Waals surface area contributed by atoms with Crippen LogP contribution in [0.1, 0.15) is 33.0 Å². The highest BCUT2D eigenvalue weighted by molar-refractivity contribution is 7.09. The molecular formula is C15H19Cl2N3OS. The Morgan fingerprint density at radius 2 is 2.23 bits per heavy atom. The van der Waals surface area contributed by atoms with E-state index in [1.54, 1.807) is 11.3 Å². The molecule has 0 fully saturated rings. The normalized spacial score (nSPS) is 12.2. The molecule has 4 nitrogen and oxygen atoms in total. The molecule has 7 heteroatoms. The lowest BCUT2D eigenvalue weighted by Crippen LogP contribution is -2.25. The van der Waals surface area contributed by atoms with Crippen molar-refractivity contribution in [3.63, 3.8) is 0 Å². The summed E-state index contributed by atoms with van der Waals surface area (Å²) in [6, 6.07) is 5.86. The maximum Gasteiger partial charge on any atom is 0.251 e. The van der Waals surface area contributed by atoms with Crippen LogP contribution in [0.5, 0.6) is 0 Å². The number of amides is 1. The molecule has 0 unspecified atom stereocenters. The summed E-state index contributed by atoms with van der Waals surface area (Å²) in [7, 11) is 0. The number of rotatable bonds is 3. The minimum Gasteiger partial charge on any atom is -0.385 e. The Morgan fingerprint density at radius 1 is 1.41 bits per heavy atom. The number of benzene rings is 1. The number of carbonyl (C=O) groups excluding carboxylic acids is 1. The molecule has 3 rings (SSSR count). The van der Waals surface area contributed by atoms with E-state index in [0.717, 1.165) is 46.9 Å². The van der Waals surface area contributed by atoms with Crippen molar-refractivity contribution in [2.24, 2.45) is 0 Å². The fourth-order valence-corrected chi connectivity index (χ4v) is 3.17. The topological polar surface area (TPSA) is 54.0 Å². The molecule has 0 saturated heterocycles.